The zero-order chi connectivity index (χ0) is 8.97. The average molecular weight is 281 g/mol. The van der Waals surface area contributed by atoms with Gasteiger partial charge in [0.15, 0.2) is 0 Å². The molecular weight excluding hydrogens is 269 g/mol. The van der Waals surface area contributed by atoms with Gasteiger partial charge in [0.2, 0.25) is 0 Å². The van der Waals surface area contributed by atoms with Crippen LogP contribution in [-0.2, 0) is 6.54 Å². The zero-order valence-electron chi connectivity index (χ0n) is 7.25. The van der Waals surface area contributed by atoms with Gasteiger partial charge in [0.25, 0.3) is 0 Å². The fourth-order valence-electron chi connectivity index (χ4n) is 1.05. The molecule has 1 aromatic rings. The molecule has 0 aliphatic heterocycles. The summed E-state index contributed by atoms with van der Waals surface area (Å²) in [5.74, 6) is 0. The van der Waals surface area contributed by atoms with Gasteiger partial charge in [-0.2, -0.15) is 0 Å². The van der Waals surface area contributed by atoms with Crippen LogP contribution in [0.1, 0.15) is 5.56 Å². The first-order valence-electron chi connectivity index (χ1n) is 3.75. The van der Waals surface area contributed by atoms with Crippen LogP contribution in [0, 0.1) is 0 Å². The van der Waals surface area contributed by atoms with Crippen molar-refractivity contribution in [3.63, 3.8) is 0 Å². The van der Waals surface area contributed by atoms with Crippen molar-refractivity contribution in [2.45, 2.75) is 6.54 Å². The molecule has 0 saturated carbocycles. The maximum atomic E-state index is 12.5. The molecule has 0 saturated heterocycles. The van der Waals surface area contributed by atoms with Crippen LogP contribution in [0.25, 0.3) is 0 Å². The first kappa shape index (κ1) is 9.98. The molecular formula is C9H12FNTe. The summed E-state index contributed by atoms with van der Waals surface area (Å²) in [5.41, 5.74) is 1.13. The Morgan fingerprint density at radius 3 is 2.58 bits per heavy atom. The van der Waals surface area contributed by atoms with Gasteiger partial charge in [0.05, 0.1) is 0 Å². The van der Waals surface area contributed by atoms with E-state index in [9.17, 15) is 2.89 Å². The SMILES string of the molecule is CN(C)Cc1ccccc1[Te]F. The van der Waals surface area contributed by atoms with E-state index < -0.39 is 21.5 Å². The number of halogens is 1. The molecule has 1 rings (SSSR count). The molecule has 0 aliphatic rings. The monoisotopic (exact) mass is 283 g/mol. The molecule has 0 atom stereocenters. The van der Waals surface area contributed by atoms with Gasteiger partial charge >= 0.3 is 83.4 Å². The van der Waals surface area contributed by atoms with E-state index in [1.165, 1.54) is 0 Å². The fraction of sp³-hybridized carbons (Fsp3) is 0.333. The molecule has 1 nitrogen and oxygen atoms in total. The Labute approximate surface area is 83.4 Å². The van der Waals surface area contributed by atoms with Gasteiger partial charge in [-0.15, -0.1) is 0 Å². The summed E-state index contributed by atoms with van der Waals surface area (Å²) in [7, 11) is 3.99. The van der Waals surface area contributed by atoms with Crippen molar-refractivity contribution in [1.29, 1.82) is 0 Å². The minimum absolute atomic E-state index is 0.838. The van der Waals surface area contributed by atoms with Crippen LogP contribution < -0.4 is 3.61 Å². The van der Waals surface area contributed by atoms with Gasteiger partial charge in [0.1, 0.15) is 0 Å². The third kappa shape index (κ3) is 2.75. The van der Waals surface area contributed by atoms with Crippen molar-refractivity contribution in [1.82, 2.24) is 4.90 Å². The summed E-state index contributed by atoms with van der Waals surface area (Å²) in [6.07, 6.45) is 0. The van der Waals surface area contributed by atoms with Crippen molar-refractivity contribution in [3.05, 3.63) is 29.8 Å². The molecule has 0 aliphatic carbocycles. The molecule has 0 spiro atoms. The number of benzene rings is 1. The third-order valence-corrected chi connectivity index (χ3v) is 3.15. The number of rotatable bonds is 3. The van der Waals surface area contributed by atoms with Crippen LogP contribution in [0.4, 0.5) is 2.89 Å². The van der Waals surface area contributed by atoms with E-state index in [4.69, 9.17) is 0 Å². The Hall–Kier alpha value is -0.100. The van der Waals surface area contributed by atoms with Crippen LogP contribution in [0.5, 0.6) is 0 Å². The second-order valence-electron chi connectivity index (χ2n) is 2.92. The molecule has 0 bridgehead atoms. The summed E-state index contributed by atoms with van der Waals surface area (Å²) in [4.78, 5) is 2.06. The molecule has 0 N–H and O–H groups in total. The van der Waals surface area contributed by atoms with E-state index >= 15 is 0 Å². The Bertz CT molecular complexity index is 250. The standard InChI is InChI=1S/C9H12FNTe/c1-11(2)7-8-5-3-4-6-9(8)12-10/h3-6H,7H2,1-2H3. The minimum atomic E-state index is -1.43. The molecule has 0 radical (unpaired) electrons. The summed E-state index contributed by atoms with van der Waals surface area (Å²) in [6, 6.07) is 7.75. The van der Waals surface area contributed by atoms with Gasteiger partial charge in [-0.3, -0.25) is 0 Å². The van der Waals surface area contributed by atoms with Gasteiger partial charge < -0.3 is 0 Å². The molecule has 66 valence electrons. The summed E-state index contributed by atoms with van der Waals surface area (Å²) >= 11 is -1.43. The Kier molecular flexibility index (Phi) is 4.00. The molecule has 0 amide bonds. The topological polar surface area (TPSA) is 3.24 Å². The van der Waals surface area contributed by atoms with E-state index in [-0.39, 0.29) is 0 Å². The molecule has 3 heteroatoms. The number of hydrogen-bond donors (Lipinski definition) is 0. The Morgan fingerprint density at radius 2 is 2.00 bits per heavy atom. The van der Waals surface area contributed by atoms with E-state index in [2.05, 4.69) is 4.90 Å². The van der Waals surface area contributed by atoms with Gasteiger partial charge in [0, 0.05) is 0 Å². The van der Waals surface area contributed by atoms with Gasteiger partial charge in [-0.1, -0.05) is 0 Å². The van der Waals surface area contributed by atoms with Crippen LogP contribution in [0.3, 0.4) is 0 Å². The zero-order valence-corrected chi connectivity index (χ0v) is 9.58. The molecule has 1 aromatic carbocycles. The average Bonchev–Trinajstić information content (AvgIpc) is 2.04. The van der Waals surface area contributed by atoms with E-state index in [0.717, 1.165) is 15.7 Å². The van der Waals surface area contributed by atoms with Crippen LogP contribution in [0.2, 0.25) is 0 Å². The molecule has 0 aromatic heterocycles. The maximum absolute atomic E-state index is 12.5. The van der Waals surface area contributed by atoms with Crippen molar-refractivity contribution >= 4 is 25.1 Å². The first-order valence-corrected chi connectivity index (χ1v) is 5.80. The Morgan fingerprint density at radius 1 is 1.33 bits per heavy atom. The van der Waals surface area contributed by atoms with Gasteiger partial charge in [-0.05, 0) is 0 Å². The predicted molar refractivity (Wildman–Crippen MR) is 50.3 cm³/mol. The predicted octanol–water partition coefficient (Wildman–Crippen LogP) is 0.962. The molecule has 0 unspecified atom stereocenters. The molecule has 0 heterocycles. The molecule has 12 heavy (non-hydrogen) atoms. The summed E-state index contributed by atoms with van der Waals surface area (Å²) in [5, 5.41) is 0. The number of hydrogen-bond acceptors (Lipinski definition) is 1. The summed E-state index contributed by atoms with van der Waals surface area (Å²) in [6.45, 7) is 0.838. The quantitative estimate of drug-likeness (QED) is 0.746. The van der Waals surface area contributed by atoms with Crippen LogP contribution in [-0.4, -0.2) is 40.5 Å². The second kappa shape index (κ2) is 4.81. The third-order valence-electron chi connectivity index (χ3n) is 1.54. The fourth-order valence-corrected chi connectivity index (χ4v) is 2.08. The Balaban J connectivity index is 2.82. The van der Waals surface area contributed by atoms with Crippen molar-refractivity contribution in [3.8, 4) is 0 Å². The second-order valence-corrected chi connectivity index (χ2v) is 4.62. The van der Waals surface area contributed by atoms with Crippen LogP contribution >= 0.6 is 0 Å². The normalized spacial score (nSPS) is 10.7. The van der Waals surface area contributed by atoms with E-state index in [1.807, 2.05) is 38.4 Å². The van der Waals surface area contributed by atoms with Crippen molar-refractivity contribution < 1.29 is 2.89 Å². The van der Waals surface area contributed by atoms with E-state index in [1.54, 1.807) is 0 Å². The van der Waals surface area contributed by atoms with Crippen molar-refractivity contribution in [2.75, 3.05) is 14.1 Å². The van der Waals surface area contributed by atoms with Gasteiger partial charge in [-0.25, -0.2) is 0 Å². The van der Waals surface area contributed by atoms with Crippen molar-refractivity contribution in [2.24, 2.45) is 0 Å². The van der Waals surface area contributed by atoms with Crippen LogP contribution in [0.15, 0.2) is 24.3 Å². The van der Waals surface area contributed by atoms with E-state index in [0.29, 0.717) is 0 Å². The summed E-state index contributed by atoms with van der Waals surface area (Å²) < 4.78 is 13.5. The molecule has 0 fully saturated rings. The number of nitrogens with zero attached hydrogens (tertiary/aromatic N) is 1. The first-order chi connectivity index (χ1) is 5.74.